The Balaban J connectivity index is 1.48. The zero-order valence-corrected chi connectivity index (χ0v) is 15.0. The maximum Gasteiger partial charge on any atom is 0.215 e. The van der Waals surface area contributed by atoms with Crippen LogP contribution < -0.4 is 10.6 Å². The van der Waals surface area contributed by atoms with E-state index in [1.165, 1.54) is 19.4 Å². The summed E-state index contributed by atoms with van der Waals surface area (Å²) in [7, 11) is 0. The number of nitrogen functional groups attached to an aromatic ring is 1. The number of ketones is 1. The third-order valence-corrected chi connectivity index (χ3v) is 5.18. The molecule has 1 saturated carbocycles. The topological polar surface area (TPSA) is 75.3 Å². The van der Waals surface area contributed by atoms with E-state index < -0.39 is 0 Å². The summed E-state index contributed by atoms with van der Waals surface area (Å²) in [5, 5.41) is 0. The summed E-state index contributed by atoms with van der Waals surface area (Å²) in [6, 6.07) is 9.04. The Morgan fingerprint density at radius 1 is 1.12 bits per heavy atom. The van der Waals surface area contributed by atoms with Crippen LogP contribution in [0.4, 0.5) is 11.6 Å². The monoisotopic (exact) mass is 351 g/mol. The van der Waals surface area contributed by atoms with Crippen molar-refractivity contribution >= 4 is 17.4 Å². The number of pyridine rings is 2. The minimum Gasteiger partial charge on any atom is -0.383 e. The second-order valence-corrected chi connectivity index (χ2v) is 7.23. The van der Waals surface area contributed by atoms with Gasteiger partial charge in [-0.1, -0.05) is 6.07 Å². The smallest absolute Gasteiger partial charge is 0.215 e. The maximum atomic E-state index is 12.7. The fraction of sp³-hybridized carbons (Fsp3) is 0.450. The van der Waals surface area contributed by atoms with E-state index in [0.29, 0.717) is 11.3 Å². The first-order valence-corrected chi connectivity index (χ1v) is 9.40. The van der Waals surface area contributed by atoms with Crippen LogP contribution in [0.25, 0.3) is 0 Å². The quantitative estimate of drug-likeness (QED) is 0.833. The first-order valence-electron chi connectivity index (χ1n) is 9.40. The minimum atomic E-state index is -0.178. The molecule has 0 radical (unpaired) electrons. The molecule has 4 rings (SSSR count). The molecule has 0 aromatic carbocycles. The molecule has 0 unspecified atom stereocenters. The highest BCUT2D eigenvalue weighted by Gasteiger charge is 2.26. The molecule has 2 aromatic heterocycles. The molecule has 6 nitrogen and oxygen atoms in total. The lowest BCUT2D eigenvalue weighted by atomic mass is 10.1. The van der Waals surface area contributed by atoms with Crippen molar-refractivity contribution in [2.24, 2.45) is 5.92 Å². The van der Waals surface area contributed by atoms with Crippen LogP contribution in [-0.4, -0.2) is 53.4 Å². The number of hydrogen-bond acceptors (Lipinski definition) is 6. The molecule has 2 fully saturated rings. The van der Waals surface area contributed by atoms with Crippen LogP contribution in [0.3, 0.4) is 0 Å². The van der Waals surface area contributed by atoms with Gasteiger partial charge in [0.25, 0.3) is 0 Å². The van der Waals surface area contributed by atoms with Crippen molar-refractivity contribution in [1.82, 2.24) is 14.9 Å². The fourth-order valence-corrected chi connectivity index (χ4v) is 3.52. The molecule has 2 N–H and O–H groups in total. The number of aromatic nitrogens is 2. The van der Waals surface area contributed by atoms with Crippen LogP contribution in [0.1, 0.15) is 35.3 Å². The Bertz CT molecular complexity index is 789. The van der Waals surface area contributed by atoms with Gasteiger partial charge in [-0.15, -0.1) is 0 Å². The predicted molar refractivity (Wildman–Crippen MR) is 102 cm³/mol. The molecule has 0 bridgehead atoms. The van der Waals surface area contributed by atoms with E-state index in [0.717, 1.165) is 44.3 Å². The SMILES string of the molecule is Nc1ncccc1C(=O)c1cccc(N2CCCN(CC3CC3)CC2)n1. The average molecular weight is 351 g/mol. The van der Waals surface area contributed by atoms with Crippen molar-refractivity contribution in [3.8, 4) is 0 Å². The minimum absolute atomic E-state index is 0.178. The lowest BCUT2D eigenvalue weighted by Crippen LogP contribution is -2.32. The third-order valence-electron chi connectivity index (χ3n) is 5.18. The number of carbonyl (C=O) groups excluding carboxylic acids is 1. The molecule has 6 heteroatoms. The summed E-state index contributed by atoms with van der Waals surface area (Å²) < 4.78 is 0. The van der Waals surface area contributed by atoms with Crippen LogP contribution in [-0.2, 0) is 0 Å². The van der Waals surface area contributed by atoms with Gasteiger partial charge in [0, 0.05) is 32.4 Å². The molecular weight excluding hydrogens is 326 g/mol. The zero-order valence-electron chi connectivity index (χ0n) is 15.0. The van der Waals surface area contributed by atoms with Gasteiger partial charge in [0.05, 0.1) is 5.56 Å². The molecular formula is C20H25N5O. The molecule has 136 valence electrons. The summed E-state index contributed by atoms with van der Waals surface area (Å²) in [6.07, 6.45) is 5.50. The molecule has 2 aliphatic rings. The Morgan fingerprint density at radius 3 is 2.81 bits per heavy atom. The lowest BCUT2D eigenvalue weighted by Gasteiger charge is -2.23. The molecule has 1 aliphatic heterocycles. The van der Waals surface area contributed by atoms with Gasteiger partial charge in [-0.25, -0.2) is 9.97 Å². The van der Waals surface area contributed by atoms with Crippen LogP contribution in [0.2, 0.25) is 0 Å². The van der Waals surface area contributed by atoms with E-state index in [-0.39, 0.29) is 11.6 Å². The van der Waals surface area contributed by atoms with E-state index >= 15 is 0 Å². The predicted octanol–water partition coefficient (Wildman–Crippen LogP) is 2.21. The Labute approximate surface area is 154 Å². The molecule has 26 heavy (non-hydrogen) atoms. The Hall–Kier alpha value is -2.47. The van der Waals surface area contributed by atoms with Gasteiger partial charge in [-0.05, 0) is 56.0 Å². The van der Waals surface area contributed by atoms with Gasteiger partial charge in [0.1, 0.15) is 17.3 Å². The maximum absolute atomic E-state index is 12.7. The molecule has 0 atom stereocenters. The highest BCUT2D eigenvalue weighted by atomic mass is 16.1. The van der Waals surface area contributed by atoms with Gasteiger partial charge >= 0.3 is 0 Å². The van der Waals surface area contributed by atoms with Crippen molar-refractivity contribution in [2.45, 2.75) is 19.3 Å². The van der Waals surface area contributed by atoms with E-state index in [1.54, 1.807) is 24.4 Å². The lowest BCUT2D eigenvalue weighted by molar-refractivity contribution is 0.103. The number of nitrogens with two attached hydrogens (primary N) is 1. The highest BCUT2D eigenvalue weighted by Crippen LogP contribution is 2.30. The number of nitrogens with zero attached hydrogens (tertiary/aromatic N) is 4. The summed E-state index contributed by atoms with van der Waals surface area (Å²) in [6.45, 7) is 5.37. The number of anilines is 2. The average Bonchev–Trinajstić information content (AvgIpc) is 3.50. The van der Waals surface area contributed by atoms with E-state index in [9.17, 15) is 4.79 Å². The fourth-order valence-electron chi connectivity index (χ4n) is 3.52. The van der Waals surface area contributed by atoms with Gasteiger partial charge in [-0.3, -0.25) is 4.79 Å². The van der Waals surface area contributed by atoms with Crippen LogP contribution in [0, 0.1) is 5.92 Å². The highest BCUT2D eigenvalue weighted by molar-refractivity contribution is 6.10. The Morgan fingerprint density at radius 2 is 2.00 bits per heavy atom. The number of rotatable bonds is 5. The molecule has 2 aromatic rings. The molecule has 1 aliphatic carbocycles. The number of carbonyl (C=O) groups is 1. The van der Waals surface area contributed by atoms with Crippen molar-refractivity contribution in [3.63, 3.8) is 0 Å². The van der Waals surface area contributed by atoms with E-state index in [1.807, 2.05) is 12.1 Å². The third kappa shape index (κ3) is 3.85. The summed E-state index contributed by atoms with van der Waals surface area (Å²) in [4.78, 5) is 26.2. The largest absolute Gasteiger partial charge is 0.383 e. The second-order valence-electron chi connectivity index (χ2n) is 7.23. The standard InChI is InChI=1S/C20H25N5O/c21-20-16(4-2-9-22-20)19(26)17-5-1-6-18(23-17)25-11-3-10-24(12-13-25)14-15-7-8-15/h1-2,4-6,9,15H,3,7-8,10-14H2,(H2,21,22). The van der Waals surface area contributed by atoms with Crippen LogP contribution in [0.5, 0.6) is 0 Å². The van der Waals surface area contributed by atoms with Crippen molar-refractivity contribution in [2.75, 3.05) is 43.4 Å². The summed E-state index contributed by atoms with van der Waals surface area (Å²) >= 11 is 0. The summed E-state index contributed by atoms with van der Waals surface area (Å²) in [5.41, 5.74) is 6.67. The van der Waals surface area contributed by atoms with E-state index in [2.05, 4.69) is 19.8 Å². The first-order chi connectivity index (χ1) is 12.7. The van der Waals surface area contributed by atoms with Gasteiger partial charge in [0.15, 0.2) is 0 Å². The van der Waals surface area contributed by atoms with Crippen molar-refractivity contribution in [3.05, 3.63) is 47.8 Å². The molecule has 0 spiro atoms. The van der Waals surface area contributed by atoms with Gasteiger partial charge in [0.2, 0.25) is 5.78 Å². The van der Waals surface area contributed by atoms with Crippen LogP contribution >= 0.6 is 0 Å². The molecule has 3 heterocycles. The first kappa shape index (κ1) is 17.0. The molecule has 1 saturated heterocycles. The van der Waals surface area contributed by atoms with E-state index in [4.69, 9.17) is 5.73 Å². The molecule has 0 amide bonds. The number of hydrogen-bond donors (Lipinski definition) is 1. The normalized spacial score (nSPS) is 18.5. The Kier molecular flexibility index (Phi) is 4.84. The van der Waals surface area contributed by atoms with Crippen molar-refractivity contribution in [1.29, 1.82) is 0 Å². The second kappa shape index (κ2) is 7.41. The zero-order chi connectivity index (χ0) is 17.9. The van der Waals surface area contributed by atoms with Gasteiger partial charge in [-0.2, -0.15) is 0 Å². The van der Waals surface area contributed by atoms with Crippen LogP contribution in [0.15, 0.2) is 36.5 Å². The van der Waals surface area contributed by atoms with Crippen molar-refractivity contribution < 1.29 is 4.79 Å². The van der Waals surface area contributed by atoms with Gasteiger partial charge < -0.3 is 15.5 Å². The summed E-state index contributed by atoms with van der Waals surface area (Å²) in [5.74, 6) is 1.86.